The molecule has 0 aliphatic heterocycles. The van der Waals surface area contributed by atoms with Gasteiger partial charge in [-0.2, -0.15) is 0 Å². The van der Waals surface area contributed by atoms with Gasteiger partial charge in [-0.1, -0.05) is 24.6 Å². The third kappa shape index (κ3) is 5.20. The minimum absolute atomic E-state index is 0.270. The number of aliphatic hydroxyl groups excluding tert-OH is 2. The smallest absolute Gasteiger partial charge is 0.125 e. The first kappa shape index (κ1) is 14.0. The summed E-state index contributed by atoms with van der Waals surface area (Å²) in [5.74, 6) is 0.768. The molecule has 0 spiro atoms. The van der Waals surface area contributed by atoms with Crippen LogP contribution >= 0.6 is 0 Å². The molecule has 17 heavy (non-hydrogen) atoms. The van der Waals surface area contributed by atoms with E-state index in [1.165, 1.54) is 0 Å². The normalized spacial score (nSPS) is 12.4. The Bertz CT molecular complexity index is 310. The second-order valence-electron chi connectivity index (χ2n) is 4.20. The largest absolute Gasteiger partial charge is 0.493 e. The number of hydrogen-bond acceptors (Lipinski definition) is 3. The summed E-state index contributed by atoms with van der Waals surface area (Å²) in [5, 5.41) is 18.2. The van der Waals surface area contributed by atoms with E-state index in [0.717, 1.165) is 37.0 Å². The molecule has 0 saturated carbocycles. The van der Waals surface area contributed by atoms with Gasteiger partial charge in [0.2, 0.25) is 0 Å². The fourth-order valence-electron chi connectivity index (χ4n) is 1.71. The van der Waals surface area contributed by atoms with Gasteiger partial charge in [0.25, 0.3) is 0 Å². The van der Waals surface area contributed by atoms with Gasteiger partial charge in [-0.05, 0) is 32.3 Å². The fraction of sp³-hybridized carbons (Fsp3) is 0.571. The van der Waals surface area contributed by atoms with Gasteiger partial charge in [0.05, 0.1) is 12.7 Å². The number of benzene rings is 1. The zero-order valence-corrected chi connectivity index (χ0v) is 10.4. The quantitative estimate of drug-likeness (QED) is 0.685. The van der Waals surface area contributed by atoms with Crippen molar-refractivity contribution in [2.24, 2.45) is 0 Å². The van der Waals surface area contributed by atoms with Crippen molar-refractivity contribution in [2.75, 3.05) is 13.2 Å². The summed E-state index contributed by atoms with van der Waals surface area (Å²) in [4.78, 5) is 0. The second-order valence-corrected chi connectivity index (χ2v) is 4.20. The van der Waals surface area contributed by atoms with E-state index in [4.69, 9.17) is 9.84 Å². The zero-order chi connectivity index (χ0) is 12.5. The van der Waals surface area contributed by atoms with E-state index in [1.54, 1.807) is 6.92 Å². The average molecular weight is 238 g/mol. The van der Waals surface area contributed by atoms with E-state index in [0.29, 0.717) is 6.61 Å². The molecule has 3 nitrogen and oxygen atoms in total. The van der Waals surface area contributed by atoms with Crippen LogP contribution in [0.3, 0.4) is 0 Å². The van der Waals surface area contributed by atoms with E-state index in [-0.39, 0.29) is 6.61 Å². The molecule has 0 heterocycles. The van der Waals surface area contributed by atoms with E-state index < -0.39 is 6.10 Å². The molecular weight excluding hydrogens is 216 g/mol. The Labute approximate surface area is 103 Å². The number of ether oxygens (including phenoxy) is 1. The van der Waals surface area contributed by atoms with E-state index in [1.807, 2.05) is 24.3 Å². The summed E-state index contributed by atoms with van der Waals surface area (Å²) in [7, 11) is 0. The van der Waals surface area contributed by atoms with Gasteiger partial charge in [0, 0.05) is 12.2 Å². The van der Waals surface area contributed by atoms with Crippen molar-refractivity contribution < 1.29 is 14.9 Å². The maximum Gasteiger partial charge on any atom is 0.125 e. The molecular formula is C14H22O3. The fourth-order valence-corrected chi connectivity index (χ4v) is 1.71. The van der Waals surface area contributed by atoms with Crippen LogP contribution in [-0.2, 0) is 0 Å². The molecule has 1 aromatic carbocycles. The van der Waals surface area contributed by atoms with Crippen LogP contribution in [0.15, 0.2) is 24.3 Å². The van der Waals surface area contributed by atoms with Crippen LogP contribution < -0.4 is 4.74 Å². The Morgan fingerprint density at radius 3 is 2.53 bits per heavy atom. The van der Waals surface area contributed by atoms with Gasteiger partial charge in [-0.3, -0.25) is 0 Å². The lowest BCUT2D eigenvalue weighted by Crippen LogP contribution is -2.02. The molecule has 0 aromatic heterocycles. The van der Waals surface area contributed by atoms with Gasteiger partial charge >= 0.3 is 0 Å². The highest BCUT2D eigenvalue weighted by atomic mass is 16.5. The van der Waals surface area contributed by atoms with Crippen LogP contribution in [0.2, 0.25) is 0 Å². The second kappa shape index (κ2) is 8.09. The molecule has 1 atom stereocenters. The molecule has 0 aliphatic rings. The predicted octanol–water partition coefficient (Wildman–Crippen LogP) is 2.67. The number of para-hydroxylation sites is 1. The van der Waals surface area contributed by atoms with Crippen molar-refractivity contribution in [2.45, 2.75) is 38.7 Å². The van der Waals surface area contributed by atoms with Crippen molar-refractivity contribution in [1.29, 1.82) is 0 Å². The number of unbranched alkanes of at least 4 members (excludes halogenated alkanes) is 3. The Morgan fingerprint density at radius 1 is 1.12 bits per heavy atom. The SMILES string of the molecule is C[C@@H](O)c1ccccc1OCCCCCCO. The first-order valence-corrected chi connectivity index (χ1v) is 6.26. The van der Waals surface area contributed by atoms with Crippen LogP contribution in [0.25, 0.3) is 0 Å². The van der Waals surface area contributed by atoms with Crippen LogP contribution in [0.1, 0.15) is 44.3 Å². The predicted molar refractivity (Wildman–Crippen MR) is 68.1 cm³/mol. The van der Waals surface area contributed by atoms with Crippen molar-refractivity contribution >= 4 is 0 Å². The molecule has 0 amide bonds. The summed E-state index contributed by atoms with van der Waals surface area (Å²) in [5.41, 5.74) is 0.836. The summed E-state index contributed by atoms with van der Waals surface area (Å²) in [6.07, 6.45) is 3.45. The summed E-state index contributed by atoms with van der Waals surface area (Å²) >= 11 is 0. The molecule has 0 aliphatic carbocycles. The summed E-state index contributed by atoms with van der Waals surface area (Å²) in [6.45, 7) is 2.67. The van der Waals surface area contributed by atoms with Crippen molar-refractivity contribution in [3.8, 4) is 5.75 Å². The van der Waals surface area contributed by atoms with Crippen molar-refractivity contribution in [1.82, 2.24) is 0 Å². The van der Waals surface area contributed by atoms with Gasteiger partial charge < -0.3 is 14.9 Å². The maximum atomic E-state index is 9.57. The molecule has 0 saturated heterocycles. The molecule has 3 heteroatoms. The summed E-state index contributed by atoms with van der Waals surface area (Å²) < 4.78 is 5.66. The van der Waals surface area contributed by atoms with Crippen LogP contribution in [0.5, 0.6) is 5.75 Å². The Morgan fingerprint density at radius 2 is 1.82 bits per heavy atom. The Balaban J connectivity index is 2.31. The first-order chi connectivity index (χ1) is 8.25. The molecule has 0 unspecified atom stereocenters. The lowest BCUT2D eigenvalue weighted by Gasteiger charge is -2.13. The van der Waals surface area contributed by atoms with E-state index in [9.17, 15) is 5.11 Å². The van der Waals surface area contributed by atoms with Crippen LogP contribution in [0, 0.1) is 0 Å². The van der Waals surface area contributed by atoms with E-state index in [2.05, 4.69) is 0 Å². The third-order valence-electron chi connectivity index (χ3n) is 2.68. The lowest BCUT2D eigenvalue weighted by atomic mass is 10.1. The first-order valence-electron chi connectivity index (χ1n) is 6.26. The molecule has 2 N–H and O–H groups in total. The lowest BCUT2D eigenvalue weighted by molar-refractivity contribution is 0.190. The number of hydrogen-bond donors (Lipinski definition) is 2. The standard InChI is InChI=1S/C14H22O3/c1-12(16)13-8-4-5-9-14(13)17-11-7-3-2-6-10-15/h4-5,8-9,12,15-16H,2-3,6-7,10-11H2,1H3/t12-/m1/s1. The molecule has 0 fully saturated rings. The highest BCUT2D eigenvalue weighted by molar-refractivity contribution is 5.34. The number of rotatable bonds is 8. The molecule has 1 rings (SSSR count). The Hall–Kier alpha value is -1.06. The van der Waals surface area contributed by atoms with Crippen molar-refractivity contribution in [3.63, 3.8) is 0 Å². The van der Waals surface area contributed by atoms with E-state index >= 15 is 0 Å². The highest BCUT2D eigenvalue weighted by Gasteiger charge is 2.07. The highest BCUT2D eigenvalue weighted by Crippen LogP contribution is 2.24. The number of aliphatic hydroxyl groups is 2. The zero-order valence-electron chi connectivity index (χ0n) is 10.4. The molecule has 96 valence electrons. The van der Waals surface area contributed by atoms with Crippen LogP contribution in [-0.4, -0.2) is 23.4 Å². The monoisotopic (exact) mass is 238 g/mol. The average Bonchev–Trinajstić information content (AvgIpc) is 2.34. The van der Waals surface area contributed by atoms with Crippen molar-refractivity contribution in [3.05, 3.63) is 29.8 Å². The van der Waals surface area contributed by atoms with Gasteiger partial charge in [-0.25, -0.2) is 0 Å². The third-order valence-corrected chi connectivity index (χ3v) is 2.68. The molecule has 1 aromatic rings. The van der Waals surface area contributed by atoms with Gasteiger partial charge in [-0.15, -0.1) is 0 Å². The molecule has 0 radical (unpaired) electrons. The Kier molecular flexibility index (Phi) is 6.67. The molecule has 0 bridgehead atoms. The minimum Gasteiger partial charge on any atom is -0.493 e. The van der Waals surface area contributed by atoms with Gasteiger partial charge in [0.15, 0.2) is 0 Å². The van der Waals surface area contributed by atoms with Gasteiger partial charge in [0.1, 0.15) is 5.75 Å². The summed E-state index contributed by atoms with van der Waals surface area (Å²) in [6, 6.07) is 7.57. The minimum atomic E-state index is -0.499. The van der Waals surface area contributed by atoms with Crippen LogP contribution in [0.4, 0.5) is 0 Å². The maximum absolute atomic E-state index is 9.57. The topological polar surface area (TPSA) is 49.7 Å².